The van der Waals surface area contributed by atoms with E-state index in [1.807, 2.05) is 0 Å². The maximum absolute atomic E-state index is 12.3. The molecular weight excluding hydrogens is 384 g/mol. The number of phenolic OH excluding ortho intramolecular Hbond substituents is 1. The molecule has 1 aliphatic rings. The lowest BCUT2D eigenvalue weighted by Gasteiger charge is -2.29. The Morgan fingerprint density at radius 3 is 2.43 bits per heavy atom. The van der Waals surface area contributed by atoms with Gasteiger partial charge in [0.2, 0.25) is 0 Å². The van der Waals surface area contributed by atoms with Crippen molar-refractivity contribution in [2.24, 2.45) is 0 Å². The first-order valence-corrected chi connectivity index (χ1v) is 10.2. The summed E-state index contributed by atoms with van der Waals surface area (Å²) in [7, 11) is 4.78. The Morgan fingerprint density at radius 2 is 1.73 bits per heavy atom. The first-order valence-electron chi connectivity index (χ1n) is 10.2. The van der Waals surface area contributed by atoms with E-state index in [1.165, 1.54) is 18.2 Å². The molecule has 2 aromatic rings. The number of carbonyl (C=O) groups excluding carboxylic acids is 1. The molecule has 0 unspecified atom stereocenters. The van der Waals surface area contributed by atoms with Gasteiger partial charge >= 0.3 is 0 Å². The van der Waals surface area contributed by atoms with Gasteiger partial charge in [0.05, 0.1) is 26.9 Å². The Balaban J connectivity index is 1.44. The third-order valence-corrected chi connectivity index (χ3v) is 5.45. The van der Waals surface area contributed by atoms with Crippen LogP contribution in [0.3, 0.4) is 0 Å². The van der Waals surface area contributed by atoms with Crippen LogP contribution in [0.1, 0.15) is 34.3 Å². The third kappa shape index (κ3) is 4.97. The van der Waals surface area contributed by atoms with Crippen molar-refractivity contribution < 1.29 is 24.1 Å². The van der Waals surface area contributed by atoms with Crippen LogP contribution < -0.4 is 19.5 Å². The minimum atomic E-state index is -0.292. The highest BCUT2D eigenvalue weighted by Gasteiger charge is 2.19. The highest BCUT2D eigenvalue weighted by Crippen LogP contribution is 2.33. The second-order valence-electron chi connectivity index (χ2n) is 7.32. The molecule has 7 heteroatoms. The number of methoxy groups -OCH3 is 3. The van der Waals surface area contributed by atoms with E-state index >= 15 is 0 Å². The number of unbranched alkanes of at least 4 members (excludes halogenated alkanes) is 1. The maximum Gasteiger partial charge on any atom is 0.255 e. The highest BCUT2D eigenvalue weighted by molar-refractivity contribution is 5.97. The Hall–Kier alpha value is -2.93. The predicted octanol–water partition coefficient (Wildman–Crippen LogP) is 2.99. The number of ether oxygens (including phenoxy) is 3. The zero-order valence-corrected chi connectivity index (χ0v) is 17.9. The van der Waals surface area contributed by atoms with Crippen LogP contribution in [0.15, 0.2) is 30.3 Å². The lowest BCUT2D eigenvalue weighted by molar-refractivity contribution is 0.0949. The van der Waals surface area contributed by atoms with Crippen molar-refractivity contribution in [1.82, 2.24) is 10.2 Å². The summed E-state index contributed by atoms with van der Waals surface area (Å²) >= 11 is 0. The summed E-state index contributed by atoms with van der Waals surface area (Å²) in [5.74, 6) is 1.42. The van der Waals surface area contributed by atoms with Crippen molar-refractivity contribution in [2.75, 3.05) is 41.0 Å². The lowest BCUT2D eigenvalue weighted by Crippen LogP contribution is -2.32. The molecule has 0 saturated heterocycles. The van der Waals surface area contributed by atoms with Gasteiger partial charge in [0, 0.05) is 19.6 Å². The van der Waals surface area contributed by atoms with Crippen molar-refractivity contribution in [3.05, 3.63) is 47.0 Å². The summed E-state index contributed by atoms with van der Waals surface area (Å²) in [6.07, 6.45) is 2.83. The zero-order chi connectivity index (χ0) is 21.5. The molecule has 0 aliphatic carbocycles. The number of fused-ring (bicyclic) bond motifs is 1. The molecule has 0 radical (unpaired) electrons. The number of carbonyl (C=O) groups is 1. The van der Waals surface area contributed by atoms with Crippen molar-refractivity contribution in [3.8, 4) is 23.0 Å². The summed E-state index contributed by atoms with van der Waals surface area (Å²) in [5, 5.41) is 12.9. The summed E-state index contributed by atoms with van der Waals surface area (Å²) in [4.78, 5) is 14.7. The van der Waals surface area contributed by atoms with Crippen molar-refractivity contribution in [1.29, 1.82) is 0 Å². The van der Waals surface area contributed by atoms with Crippen LogP contribution in [-0.2, 0) is 13.0 Å². The van der Waals surface area contributed by atoms with Gasteiger partial charge in [-0.1, -0.05) is 6.07 Å². The minimum absolute atomic E-state index is 0.128. The molecular formula is C23H30N2O5. The number of rotatable bonds is 9. The number of hydrogen-bond acceptors (Lipinski definition) is 6. The molecule has 0 saturated carbocycles. The molecule has 0 fully saturated rings. The number of nitrogens with zero attached hydrogens (tertiary/aromatic N) is 1. The van der Waals surface area contributed by atoms with Gasteiger partial charge in [-0.25, -0.2) is 0 Å². The van der Waals surface area contributed by atoms with Crippen LogP contribution in [0.5, 0.6) is 23.0 Å². The summed E-state index contributed by atoms with van der Waals surface area (Å²) in [6, 6.07) is 9.04. The fourth-order valence-corrected chi connectivity index (χ4v) is 3.76. The number of hydrogen-bond donors (Lipinski definition) is 2. The standard InChI is InChI=1S/C23H30N2O5/c1-28-19-8-6-7-18(22(19)26)23(27)24-10-4-5-11-25-12-9-16-13-20(29-2)21(30-3)14-17(16)15-25/h6-8,13-14,26H,4-5,9-12,15H2,1-3H3,(H,24,27). The van der Waals surface area contributed by atoms with Crippen molar-refractivity contribution in [2.45, 2.75) is 25.8 Å². The second kappa shape index (κ2) is 10.2. The molecule has 0 bridgehead atoms. The molecule has 0 aromatic heterocycles. The normalized spacial score (nSPS) is 13.4. The molecule has 1 amide bonds. The third-order valence-electron chi connectivity index (χ3n) is 5.45. The van der Waals surface area contributed by atoms with E-state index in [-0.39, 0.29) is 17.2 Å². The van der Waals surface area contributed by atoms with Crippen LogP contribution in [0.2, 0.25) is 0 Å². The van der Waals surface area contributed by atoms with E-state index < -0.39 is 0 Å². The largest absolute Gasteiger partial charge is 0.504 e. The molecule has 30 heavy (non-hydrogen) atoms. The SMILES string of the molecule is COc1cc2c(cc1OC)CN(CCCCNC(=O)c1cccc(OC)c1O)CC2. The Bertz CT molecular complexity index is 884. The van der Waals surface area contributed by atoms with Gasteiger partial charge in [-0.05, 0) is 61.2 Å². The van der Waals surface area contributed by atoms with Gasteiger partial charge in [0.15, 0.2) is 23.0 Å². The number of nitrogens with one attached hydrogen (secondary N) is 1. The fraction of sp³-hybridized carbons (Fsp3) is 0.435. The van der Waals surface area contributed by atoms with Gasteiger partial charge in [0.25, 0.3) is 5.91 Å². The Kier molecular flexibility index (Phi) is 7.41. The Morgan fingerprint density at radius 1 is 1.03 bits per heavy atom. The number of benzene rings is 2. The fourth-order valence-electron chi connectivity index (χ4n) is 3.76. The summed E-state index contributed by atoms with van der Waals surface area (Å²) in [5.41, 5.74) is 2.82. The minimum Gasteiger partial charge on any atom is -0.504 e. The Labute approximate surface area is 177 Å². The number of para-hydroxylation sites is 1. The number of phenols is 1. The molecule has 1 heterocycles. The van der Waals surface area contributed by atoms with Gasteiger partial charge in [0.1, 0.15) is 0 Å². The van der Waals surface area contributed by atoms with Crippen LogP contribution in [0.25, 0.3) is 0 Å². The van der Waals surface area contributed by atoms with Crippen LogP contribution in [-0.4, -0.2) is 56.9 Å². The molecule has 2 N–H and O–H groups in total. The van der Waals surface area contributed by atoms with E-state index in [1.54, 1.807) is 32.4 Å². The van der Waals surface area contributed by atoms with Gasteiger partial charge in [-0.15, -0.1) is 0 Å². The van der Waals surface area contributed by atoms with E-state index in [2.05, 4.69) is 22.3 Å². The summed E-state index contributed by atoms with van der Waals surface area (Å²) in [6.45, 7) is 3.42. The smallest absolute Gasteiger partial charge is 0.255 e. The van der Waals surface area contributed by atoms with Crippen LogP contribution >= 0.6 is 0 Å². The van der Waals surface area contributed by atoms with Crippen molar-refractivity contribution >= 4 is 5.91 Å². The molecule has 0 atom stereocenters. The second-order valence-corrected chi connectivity index (χ2v) is 7.32. The zero-order valence-electron chi connectivity index (χ0n) is 17.9. The average molecular weight is 415 g/mol. The summed E-state index contributed by atoms with van der Waals surface area (Å²) < 4.78 is 15.9. The maximum atomic E-state index is 12.3. The van der Waals surface area contributed by atoms with E-state index in [0.717, 1.165) is 50.4 Å². The monoisotopic (exact) mass is 414 g/mol. The first-order chi connectivity index (χ1) is 14.6. The molecule has 0 spiro atoms. The van der Waals surface area contributed by atoms with Gasteiger partial charge in [-0.2, -0.15) is 0 Å². The first kappa shape index (κ1) is 21.8. The van der Waals surface area contributed by atoms with E-state index in [0.29, 0.717) is 12.3 Å². The molecule has 2 aromatic carbocycles. The van der Waals surface area contributed by atoms with Crippen LogP contribution in [0, 0.1) is 0 Å². The quantitative estimate of drug-likeness (QED) is 0.614. The molecule has 7 nitrogen and oxygen atoms in total. The van der Waals surface area contributed by atoms with Crippen molar-refractivity contribution in [3.63, 3.8) is 0 Å². The van der Waals surface area contributed by atoms with E-state index in [9.17, 15) is 9.90 Å². The number of amides is 1. The molecule has 162 valence electrons. The molecule has 1 aliphatic heterocycles. The van der Waals surface area contributed by atoms with Crippen LogP contribution in [0.4, 0.5) is 0 Å². The number of aromatic hydroxyl groups is 1. The average Bonchev–Trinajstić information content (AvgIpc) is 2.77. The predicted molar refractivity (Wildman–Crippen MR) is 115 cm³/mol. The van der Waals surface area contributed by atoms with Gasteiger partial charge in [-0.3, -0.25) is 9.69 Å². The molecule has 3 rings (SSSR count). The van der Waals surface area contributed by atoms with E-state index in [4.69, 9.17) is 14.2 Å². The topological polar surface area (TPSA) is 80.3 Å². The van der Waals surface area contributed by atoms with Gasteiger partial charge < -0.3 is 24.6 Å². The lowest BCUT2D eigenvalue weighted by atomic mass is 9.98. The highest BCUT2D eigenvalue weighted by atomic mass is 16.5.